The van der Waals surface area contributed by atoms with Gasteiger partial charge in [-0.1, -0.05) is 30.3 Å². The lowest BCUT2D eigenvalue weighted by atomic mass is 10.1. The highest BCUT2D eigenvalue weighted by Crippen LogP contribution is 2.16. The summed E-state index contributed by atoms with van der Waals surface area (Å²) in [6.07, 6.45) is 2.55. The van der Waals surface area contributed by atoms with Gasteiger partial charge in [0.15, 0.2) is 0 Å². The number of rotatable bonds is 6. The molecule has 0 aliphatic heterocycles. The normalized spacial score (nSPS) is 10.2. The first kappa shape index (κ1) is 15.5. The van der Waals surface area contributed by atoms with E-state index in [0.29, 0.717) is 6.54 Å². The summed E-state index contributed by atoms with van der Waals surface area (Å²) in [6, 6.07) is 12.1. The van der Waals surface area contributed by atoms with E-state index in [4.69, 9.17) is 0 Å². The molecule has 0 bridgehead atoms. The minimum absolute atomic E-state index is 0.0324. The van der Waals surface area contributed by atoms with E-state index in [9.17, 15) is 4.79 Å². The Morgan fingerprint density at radius 3 is 2.76 bits per heavy atom. The van der Waals surface area contributed by atoms with Crippen LogP contribution in [-0.2, 0) is 11.2 Å². The lowest BCUT2D eigenvalue weighted by Gasteiger charge is -2.09. The van der Waals surface area contributed by atoms with Crippen LogP contribution in [0.15, 0.2) is 47.1 Å². The van der Waals surface area contributed by atoms with E-state index in [1.807, 2.05) is 31.2 Å². The van der Waals surface area contributed by atoms with Crippen LogP contribution in [-0.4, -0.2) is 24.0 Å². The van der Waals surface area contributed by atoms with E-state index >= 15 is 0 Å². The minimum atomic E-state index is -0.0324. The van der Waals surface area contributed by atoms with Gasteiger partial charge in [-0.25, -0.2) is 4.98 Å². The minimum Gasteiger partial charge on any atom is -0.361 e. The van der Waals surface area contributed by atoms with Crippen molar-refractivity contribution in [3.05, 3.63) is 58.2 Å². The fourth-order valence-corrected chi connectivity index (χ4v) is 2.39. The van der Waals surface area contributed by atoms with Crippen LogP contribution in [0.1, 0.15) is 11.1 Å². The molecule has 110 valence electrons. The number of carbonyl (C=O) groups excluding carboxylic acids is 1. The summed E-state index contributed by atoms with van der Waals surface area (Å²) in [6.45, 7) is 2.81. The number of hydrogen-bond acceptors (Lipinski definition) is 3. The summed E-state index contributed by atoms with van der Waals surface area (Å²) < 4.78 is 0.929. The molecule has 1 aromatic carbocycles. The van der Waals surface area contributed by atoms with Crippen molar-refractivity contribution >= 4 is 27.7 Å². The van der Waals surface area contributed by atoms with Gasteiger partial charge in [-0.05, 0) is 46.5 Å². The van der Waals surface area contributed by atoms with Crippen molar-refractivity contribution in [2.45, 2.75) is 13.3 Å². The van der Waals surface area contributed by atoms with Crippen molar-refractivity contribution < 1.29 is 4.79 Å². The van der Waals surface area contributed by atoms with Gasteiger partial charge >= 0.3 is 0 Å². The number of hydrogen-bond donors (Lipinski definition) is 2. The molecule has 1 amide bonds. The zero-order chi connectivity index (χ0) is 15.1. The number of benzene rings is 1. The molecule has 0 spiro atoms. The number of anilines is 1. The fourth-order valence-electron chi connectivity index (χ4n) is 1.94. The van der Waals surface area contributed by atoms with Gasteiger partial charge < -0.3 is 10.6 Å². The molecule has 4 nitrogen and oxygen atoms in total. The van der Waals surface area contributed by atoms with Crippen molar-refractivity contribution in [3.8, 4) is 0 Å². The summed E-state index contributed by atoms with van der Waals surface area (Å²) in [5, 5.41) is 5.94. The Morgan fingerprint density at radius 1 is 1.29 bits per heavy atom. The smallest absolute Gasteiger partial charge is 0.239 e. The predicted octanol–water partition coefficient (Wildman–Crippen LogP) is 2.92. The van der Waals surface area contributed by atoms with E-state index in [0.717, 1.165) is 22.3 Å². The molecule has 0 aliphatic carbocycles. The maximum absolute atomic E-state index is 11.8. The molecular formula is C16H18BrN3O. The summed E-state index contributed by atoms with van der Waals surface area (Å²) in [7, 11) is 0. The first-order chi connectivity index (χ1) is 10.1. The van der Waals surface area contributed by atoms with Crippen molar-refractivity contribution in [2.75, 3.05) is 18.4 Å². The van der Waals surface area contributed by atoms with Crippen LogP contribution in [0, 0.1) is 6.92 Å². The van der Waals surface area contributed by atoms with Gasteiger partial charge in [0, 0.05) is 17.2 Å². The maximum atomic E-state index is 11.8. The molecule has 0 saturated carbocycles. The van der Waals surface area contributed by atoms with Gasteiger partial charge in [-0.2, -0.15) is 0 Å². The average Bonchev–Trinajstić information content (AvgIpc) is 2.47. The maximum Gasteiger partial charge on any atom is 0.239 e. The molecule has 2 aromatic rings. The molecule has 0 radical (unpaired) electrons. The Balaban J connectivity index is 1.72. The highest BCUT2D eigenvalue weighted by molar-refractivity contribution is 9.10. The van der Waals surface area contributed by atoms with Crippen molar-refractivity contribution in [1.29, 1.82) is 0 Å². The summed E-state index contributed by atoms with van der Waals surface area (Å²) in [5.41, 5.74) is 2.22. The standard InChI is InChI=1S/C16H18BrN3O/c1-12-9-14(17)10-19-16(12)20-11-15(21)18-8-7-13-5-3-2-4-6-13/h2-6,9-10H,7-8,11H2,1H3,(H,18,21)(H,19,20). The van der Waals surface area contributed by atoms with Crippen LogP contribution in [0.25, 0.3) is 0 Å². The van der Waals surface area contributed by atoms with Crippen molar-refractivity contribution in [2.24, 2.45) is 0 Å². The Labute approximate surface area is 133 Å². The Morgan fingerprint density at radius 2 is 2.05 bits per heavy atom. The highest BCUT2D eigenvalue weighted by Gasteiger charge is 2.04. The van der Waals surface area contributed by atoms with Crippen LogP contribution in [0.2, 0.25) is 0 Å². The van der Waals surface area contributed by atoms with Crippen molar-refractivity contribution in [3.63, 3.8) is 0 Å². The van der Waals surface area contributed by atoms with Crippen LogP contribution >= 0.6 is 15.9 Å². The Hall–Kier alpha value is -1.88. The Bertz CT molecular complexity index is 602. The van der Waals surface area contributed by atoms with E-state index < -0.39 is 0 Å². The van der Waals surface area contributed by atoms with Gasteiger partial charge in [-0.15, -0.1) is 0 Å². The SMILES string of the molecule is Cc1cc(Br)cnc1NCC(=O)NCCc1ccccc1. The number of amides is 1. The topological polar surface area (TPSA) is 54.0 Å². The zero-order valence-electron chi connectivity index (χ0n) is 11.9. The van der Waals surface area contributed by atoms with Gasteiger partial charge in [0.1, 0.15) is 5.82 Å². The molecule has 0 unspecified atom stereocenters. The second-order valence-electron chi connectivity index (χ2n) is 4.76. The highest BCUT2D eigenvalue weighted by atomic mass is 79.9. The number of aromatic nitrogens is 1. The predicted molar refractivity (Wildman–Crippen MR) is 88.3 cm³/mol. The third-order valence-corrected chi connectivity index (χ3v) is 3.47. The number of halogens is 1. The molecule has 2 rings (SSSR count). The lowest BCUT2D eigenvalue weighted by molar-refractivity contribution is -0.119. The first-order valence-corrected chi connectivity index (χ1v) is 7.61. The van der Waals surface area contributed by atoms with E-state index in [2.05, 4.69) is 43.7 Å². The van der Waals surface area contributed by atoms with Crippen LogP contribution in [0.5, 0.6) is 0 Å². The number of aryl methyl sites for hydroxylation is 1. The van der Waals surface area contributed by atoms with E-state index in [1.54, 1.807) is 6.20 Å². The van der Waals surface area contributed by atoms with Crippen molar-refractivity contribution in [1.82, 2.24) is 10.3 Å². The average molecular weight is 348 g/mol. The number of nitrogens with zero attached hydrogens (tertiary/aromatic N) is 1. The first-order valence-electron chi connectivity index (χ1n) is 6.82. The molecule has 5 heteroatoms. The molecule has 1 aromatic heterocycles. The molecule has 21 heavy (non-hydrogen) atoms. The van der Waals surface area contributed by atoms with Crippen LogP contribution in [0.4, 0.5) is 5.82 Å². The van der Waals surface area contributed by atoms with Gasteiger partial charge in [-0.3, -0.25) is 4.79 Å². The second kappa shape index (κ2) is 7.78. The monoisotopic (exact) mass is 347 g/mol. The number of carbonyl (C=O) groups is 1. The van der Waals surface area contributed by atoms with Crippen LogP contribution < -0.4 is 10.6 Å². The fraction of sp³-hybridized carbons (Fsp3) is 0.250. The summed E-state index contributed by atoms with van der Waals surface area (Å²) in [4.78, 5) is 16.0. The molecule has 1 heterocycles. The number of pyridine rings is 1. The third-order valence-electron chi connectivity index (χ3n) is 3.04. The van der Waals surface area contributed by atoms with Crippen LogP contribution in [0.3, 0.4) is 0 Å². The molecule has 2 N–H and O–H groups in total. The van der Waals surface area contributed by atoms with E-state index in [1.165, 1.54) is 5.56 Å². The van der Waals surface area contributed by atoms with Gasteiger partial charge in [0.2, 0.25) is 5.91 Å². The lowest BCUT2D eigenvalue weighted by Crippen LogP contribution is -2.31. The zero-order valence-corrected chi connectivity index (χ0v) is 13.5. The quantitative estimate of drug-likeness (QED) is 0.844. The molecule has 0 saturated heterocycles. The van der Waals surface area contributed by atoms with Gasteiger partial charge in [0.25, 0.3) is 0 Å². The molecule has 0 aliphatic rings. The number of nitrogens with one attached hydrogen (secondary N) is 2. The van der Waals surface area contributed by atoms with E-state index in [-0.39, 0.29) is 12.5 Å². The largest absolute Gasteiger partial charge is 0.361 e. The molecular weight excluding hydrogens is 330 g/mol. The summed E-state index contributed by atoms with van der Waals surface area (Å²) >= 11 is 3.36. The molecule has 0 atom stereocenters. The third kappa shape index (κ3) is 5.19. The second-order valence-corrected chi connectivity index (χ2v) is 5.67. The summed E-state index contributed by atoms with van der Waals surface area (Å²) in [5.74, 6) is 0.700. The molecule has 0 fully saturated rings. The Kier molecular flexibility index (Phi) is 5.75. The van der Waals surface area contributed by atoms with Gasteiger partial charge in [0.05, 0.1) is 6.54 Å².